The lowest BCUT2D eigenvalue weighted by molar-refractivity contribution is -0.119. The molecule has 192 valence electrons. The number of nitrogens with zero attached hydrogens (tertiary/aromatic N) is 2. The molecule has 0 spiro atoms. The van der Waals surface area contributed by atoms with Crippen LogP contribution in [-0.2, 0) is 19.2 Å². The average molecular weight is 463 g/mol. The molecular weight excluding hydrogens is 412 g/mol. The lowest BCUT2D eigenvalue weighted by atomic mass is 10.3. The molecule has 3 amide bonds. The molecule has 0 aliphatic heterocycles. The van der Waals surface area contributed by atoms with E-state index in [2.05, 4.69) is 26.9 Å². The summed E-state index contributed by atoms with van der Waals surface area (Å²) in [4.78, 5) is 39.9. The van der Waals surface area contributed by atoms with Crippen LogP contribution in [0.1, 0.15) is 109 Å². The number of rotatable bonds is 5. The first-order valence-corrected chi connectivity index (χ1v) is 10.9. The average Bonchev–Trinajstić information content (AvgIpc) is 2.79. The van der Waals surface area contributed by atoms with E-state index < -0.39 is 0 Å². The molecule has 32 heavy (non-hydrogen) atoms. The Morgan fingerprint density at radius 2 is 0.812 bits per heavy atom. The Kier molecular flexibility index (Phi) is 52.7. The van der Waals surface area contributed by atoms with Crippen molar-refractivity contribution in [3.05, 3.63) is 0 Å². The molecule has 5 N–H and O–H groups in total. The molecule has 10 heteroatoms. The topological polar surface area (TPSA) is 155 Å². The van der Waals surface area contributed by atoms with Gasteiger partial charge in [0.15, 0.2) is 0 Å². The number of hydrogen-bond acceptors (Lipinski definition) is 7. The quantitative estimate of drug-likeness (QED) is 0.211. The highest BCUT2D eigenvalue weighted by Crippen LogP contribution is 1.80. The zero-order valence-electron chi connectivity index (χ0n) is 22.7. The number of carbonyl (C=O) groups excluding carboxylic acids is 4. The minimum absolute atomic E-state index is 0.122. The molecule has 0 saturated heterocycles. The summed E-state index contributed by atoms with van der Waals surface area (Å²) >= 11 is 0. The molecule has 0 fully saturated rings. The van der Waals surface area contributed by atoms with Crippen LogP contribution >= 0.6 is 0 Å². The Bertz CT molecular complexity index is 473. The second kappa shape index (κ2) is 38.9. The van der Waals surface area contributed by atoms with E-state index in [1.807, 2.05) is 67.7 Å². The molecule has 0 aromatic rings. The molecule has 0 aromatic carbocycles. The molecule has 0 saturated carbocycles. The zero-order chi connectivity index (χ0) is 27.1. The normalized spacial score (nSPS) is 8.94. The van der Waals surface area contributed by atoms with Gasteiger partial charge in [0.1, 0.15) is 5.78 Å². The van der Waals surface area contributed by atoms with E-state index in [1.54, 1.807) is 6.92 Å². The van der Waals surface area contributed by atoms with E-state index in [4.69, 9.17) is 0 Å². The molecule has 10 nitrogen and oxygen atoms in total. The summed E-state index contributed by atoms with van der Waals surface area (Å²) in [6.07, 6.45) is 2.42. The highest BCUT2D eigenvalue weighted by Gasteiger charge is 1.87. The van der Waals surface area contributed by atoms with Crippen LogP contribution in [0, 0.1) is 0 Å². The summed E-state index contributed by atoms with van der Waals surface area (Å²) in [5.74, 6) is 4.36. The van der Waals surface area contributed by atoms with E-state index in [0.29, 0.717) is 6.42 Å². The summed E-state index contributed by atoms with van der Waals surface area (Å²) in [7, 11) is 0. The van der Waals surface area contributed by atoms with Gasteiger partial charge < -0.3 is 4.79 Å². The van der Waals surface area contributed by atoms with Crippen molar-refractivity contribution >= 4 is 34.9 Å². The van der Waals surface area contributed by atoms with Gasteiger partial charge in [-0.1, -0.05) is 48.5 Å². The van der Waals surface area contributed by atoms with Crippen LogP contribution in [0.25, 0.3) is 0 Å². The smallest absolute Gasteiger partial charge is 0.236 e. The molecular formula is C22H50N6O4. The van der Waals surface area contributed by atoms with Crippen molar-refractivity contribution in [1.29, 1.82) is 0 Å². The standard InChI is InChI=1S/2C6H12N2O.C4H8O.C2H6N2O.2C2H6/c2*1-4-5(2)7-8-6(3)9;1-3-4(2)5;1-2(5)4-3;2*1-2/h2*4H2,1-3H3,(H,8,9);3H2,1-2H3;3H2,1H3,(H,4,5);2*1-2H3/b7-5+;7-5-;;;;. The number of hydrogen-bond donors (Lipinski definition) is 4. The van der Waals surface area contributed by atoms with Gasteiger partial charge in [-0.15, -0.1) is 0 Å². The number of hydrazone groups is 2. The van der Waals surface area contributed by atoms with Crippen LogP contribution in [0.4, 0.5) is 0 Å². The molecule has 0 aliphatic carbocycles. The molecule has 0 unspecified atom stereocenters. The monoisotopic (exact) mass is 462 g/mol. The first kappa shape index (κ1) is 43.3. The lowest BCUT2D eigenvalue weighted by Gasteiger charge is -1.93. The van der Waals surface area contributed by atoms with Crippen molar-refractivity contribution in [1.82, 2.24) is 16.3 Å². The summed E-state index contributed by atoms with van der Waals surface area (Å²) in [5.41, 5.74) is 8.45. The number of ketones is 1. The van der Waals surface area contributed by atoms with Gasteiger partial charge in [0, 0.05) is 38.6 Å². The number of nitrogens with one attached hydrogen (secondary N) is 3. The second-order valence-electron chi connectivity index (χ2n) is 5.49. The fraction of sp³-hybridized carbons (Fsp3) is 0.727. The van der Waals surface area contributed by atoms with Gasteiger partial charge in [0.05, 0.1) is 0 Å². The van der Waals surface area contributed by atoms with Gasteiger partial charge in [-0.3, -0.25) is 19.8 Å². The minimum atomic E-state index is -0.218. The van der Waals surface area contributed by atoms with Crippen LogP contribution in [0.15, 0.2) is 10.2 Å². The molecule has 0 aromatic heterocycles. The summed E-state index contributed by atoms with van der Waals surface area (Å²) in [5, 5.41) is 7.52. The number of nitrogens with two attached hydrogens (primary N) is 1. The fourth-order valence-electron chi connectivity index (χ4n) is 0.506. The highest BCUT2D eigenvalue weighted by atomic mass is 16.2. The van der Waals surface area contributed by atoms with Crippen molar-refractivity contribution < 1.29 is 19.2 Å². The molecule has 0 radical (unpaired) electrons. The number of hydrazine groups is 1. The third kappa shape index (κ3) is 80.6. The van der Waals surface area contributed by atoms with Crippen LogP contribution < -0.4 is 22.1 Å². The lowest BCUT2D eigenvalue weighted by Crippen LogP contribution is -2.26. The maximum atomic E-state index is 10.2. The van der Waals surface area contributed by atoms with Crippen LogP contribution in [0.5, 0.6) is 0 Å². The number of Topliss-reactive ketones (excluding diaryl/α,β-unsaturated/α-hetero) is 1. The van der Waals surface area contributed by atoms with E-state index >= 15 is 0 Å². The van der Waals surface area contributed by atoms with Gasteiger partial charge in [-0.25, -0.2) is 16.7 Å². The van der Waals surface area contributed by atoms with E-state index in [0.717, 1.165) is 24.3 Å². The van der Waals surface area contributed by atoms with Gasteiger partial charge in [-0.05, 0) is 33.6 Å². The Morgan fingerprint density at radius 3 is 0.906 bits per heavy atom. The largest absolute Gasteiger partial charge is 0.300 e. The van der Waals surface area contributed by atoms with Crippen molar-refractivity contribution in [2.24, 2.45) is 16.0 Å². The first-order valence-electron chi connectivity index (χ1n) is 10.9. The maximum Gasteiger partial charge on any atom is 0.236 e. The van der Waals surface area contributed by atoms with E-state index in [-0.39, 0.29) is 23.5 Å². The van der Waals surface area contributed by atoms with E-state index in [1.165, 1.54) is 20.8 Å². The third-order valence-electron chi connectivity index (χ3n) is 2.53. The van der Waals surface area contributed by atoms with Gasteiger partial charge in [0.2, 0.25) is 17.7 Å². The van der Waals surface area contributed by atoms with Crippen molar-refractivity contribution in [3.63, 3.8) is 0 Å². The second-order valence-corrected chi connectivity index (χ2v) is 5.49. The van der Waals surface area contributed by atoms with Gasteiger partial charge >= 0.3 is 0 Å². The van der Waals surface area contributed by atoms with Gasteiger partial charge in [0.25, 0.3) is 0 Å². The first-order chi connectivity index (χ1) is 14.9. The SMILES string of the molecule is CC.CC.CC(=O)NN.CC/C(C)=N/NC(C)=O.CC/C(C)=N\NC(C)=O.CCC(C)=O. The third-order valence-corrected chi connectivity index (χ3v) is 2.53. The predicted octanol–water partition coefficient (Wildman–Crippen LogP) is 3.85. The summed E-state index contributed by atoms with van der Waals surface area (Å²) in [6.45, 7) is 23.4. The number of carbonyl (C=O) groups is 4. The minimum Gasteiger partial charge on any atom is -0.300 e. The molecule has 0 heterocycles. The molecule has 0 rings (SSSR count). The van der Waals surface area contributed by atoms with Crippen LogP contribution in [-0.4, -0.2) is 34.9 Å². The predicted molar refractivity (Wildman–Crippen MR) is 136 cm³/mol. The van der Waals surface area contributed by atoms with Crippen LogP contribution in [0.3, 0.4) is 0 Å². The van der Waals surface area contributed by atoms with Crippen molar-refractivity contribution in [3.8, 4) is 0 Å². The molecule has 0 atom stereocenters. The van der Waals surface area contributed by atoms with E-state index in [9.17, 15) is 19.2 Å². The Balaban J connectivity index is -0.0000000688. The Morgan fingerprint density at radius 1 is 0.594 bits per heavy atom. The number of amides is 3. The van der Waals surface area contributed by atoms with Crippen molar-refractivity contribution in [2.45, 2.75) is 109 Å². The van der Waals surface area contributed by atoms with Gasteiger partial charge in [-0.2, -0.15) is 10.2 Å². The molecule has 0 aliphatic rings. The van der Waals surface area contributed by atoms with Crippen LogP contribution in [0.2, 0.25) is 0 Å². The Labute approximate surface area is 196 Å². The Hall–Kier alpha value is -2.62. The highest BCUT2D eigenvalue weighted by molar-refractivity contribution is 5.84. The van der Waals surface area contributed by atoms with Crippen molar-refractivity contribution in [2.75, 3.05) is 0 Å². The molecule has 0 bridgehead atoms. The summed E-state index contributed by atoms with van der Waals surface area (Å²) < 4.78 is 0. The fourth-order valence-corrected chi connectivity index (χ4v) is 0.506. The maximum absolute atomic E-state index is 10.2. The zero-order valence-corrected chi connectivity index (χ0v) is 22.7. The summed E-state index contributed by atoms with van der Waals surface area (Å²) in [6, 6.07) is 0.